The maximum atomic E-state index is 14.1. The molecule has 0 spiro atoms. The molecule has 0 bridgehead atoms. The molecular formula is C33H58N4O2. The number of amides is 3. The minimum atomic E-state index is -0.977. The number of rotatable bonds is 9. The van der Waals surface area contributed by atoms with Gasteiger partial charge in [-0.15, -0.1) is 0 Å². The number of hydrogen-bond acceptors (Lipinski definition) is 3. The maximum absolute atomic E-state index is 14.1. The van der Waals surface area contributed by atoms with Gasteiger partial charge in [-0.25, -0.2) is 4.79 Å². The predicted octanol–water partition coefficient (Wildman–Crippen LogP) is 6.62. The second-order valence-electron chi connectivity index (χ2n) is 14.4. The molecule has 39 heavy (non-hydrogen) atoms. The highest BCUT2D eigenvalue weighted by atomic mass is 16.2. The molecule has 0 aromatic carbocycles. The predicted molar refractivity (Wildman–Crippen MR) is 160 cm³/mol. The molecule has 3 amide bonds. The highest BCUT2D eigenvalue weighted by molar-refractivity contribution is 5.91. The zero-order valence-corrected chi connectivity index (χ0v) is 25.9. The Balaban J connectivity index is 1.52. The summed E-state index contributed by atoms with van der Waals surface area (Å²) >= 11 is 0. The Morgan fingerprint density at radius 1 is 0.923 bits per heavy atom. The first-order valence-corrected chi connectivity index (χ1v) is 16.4. The van der Waals surface area contributed by atoms with Crippen LogP contribution in [0, 0.1) is 35.5 Å². The molecule has 0 saturated heterocycles. The second kappa shape index (κ2) is 13.3. The molecule has 6 heteroatoms. The molecule has 4 rings (SSSR count). The number of nitrogens with zero attached hydrogens (tertiary/aromatic N) is 1. The van der Waals surface area contributed by atoms with Crippen molar-refractivity contribution in [3.05, 3.63) is 11.8 Å². The molecular weight excluding hydrogens is 484 g/mol. The zero-order valence-electron chi connectivity index (χ0n) is 25.9. The van der Waals surface area contributed by atoms with Gasteiger partial charge in [-0.05, 0) is 86.8 Å². The summed E-state index contributed by atoms with van der Waals surface area (Å²) in [7, 11) is 1.98. The molecule has 5 atom stereocenters. The fourth-order valence-electron chi connectivity index (χ4n) is 8.43. The first-order chi connectivity index (χ1) is 18.6. The molecule has 0 aromatic heterocycles. The van der Waals surface area contributed by atoms with Crippen LogP contribution in [-0.2, 0) is 4.79 Å². The van der Waals surface area contributed by atoms with Gasteiger partial charge in [0.2, 0.25) is 5.91 Å². The van der Waals surface area contributed by atoms with Crippen molar-refractivity contribution in [3.63, 3.8) is 0 Å². The Morgan fingerprint density at radius 3 is 2.18 bits per heavy atom. The lowest BCUT2D eigenvalue weighted by molar-refractivity contribution is -0.127. The van der Waals surface area contributed by atoms with Crippen molar-refractivity contribution in [1.29, 1.82) is 0 Å². The average molecular weight is 543 g/mol. The molecule has 0 radical (unpaired) electrons. The van der Waals surface area contributed by atoms with Gasteiger partial charge in [0.1, 0.15) is 5.54 Å². The quantitative estimate of drug-likeness (QED) is 0.307. The van der Waals surface area contributed by atoms with Crippen molar-refractivity contribution in [3.8, 4) is 0 Å². The third-order valence-electron chi connectivity index (χ3n) is 10.9. The second-order valence-corrected chi connectivity index (χ2v) is 14.4. The van der Waals surface area contributed by atoms with Crippen LogP contribution in [0.3, 0.4) is 0 Å². The summed E-state index contributed by atoms with van der Waals surface area (Å²) in [4.78, 5) is 30.0. The van der Waals surface area contributed by atoms with Crippen LogP contribution in [0.15, 0.2) is 11.8 Å². The van der Waals surface area contributed by atoms with Gasteiger partial charge >= 0.3 is 6.03 Å². The van der Waals surface area contributed by atoms with E-state index in [1.165, 1.54) is 82.6 Å². The summed E-state index contributed by atoms with van der Waals surface area (Å²) in [6.07, 6.45) is 17.4. The molecule has 222 valence electrons. The third-order valence-corrected chi connectivity index (χ3v) is 10.9. The fourth-order valence-corrected chi connectivity index (χ4v) is 8.43. The van der Waals surface area contributed by atoms with E-state index in [2.05, 4.69) is 49.8 Å². The SMILES string of the molecule is CC(C)C1CCCC(C(C)C)C1N(C)C(=O)NC(C)(CC1=CNC2CCCCC12)C(=O)NCC1CCCCC1. The summed E-state index contributed by atoms with van der Waals surface area (Å²) in [6.45, 7) is 11.9. The van der Waals surface area contributed by atoms with Gasteiger partial charge in [0, 0.05) is 38.0 Å². The number of hydrogen-bond donors (Lipinski definition) is 3. The number of carbonyl (C=O) groups is 2. The fraction of sp³-hybridized carbons (Fsp3) is 0.879. The first-order valence-electron chi connectivity index (χ1n) is 16.4. The van der Waals surface area contributed by atoms with Gasteiger partial charge in [0.15, 0.2) is 0 Å². The monoisotopic (exact) mass is 542 g/mol. The van der Waals surface area contributed by atoms with Crippen LogP contribution in [0.25, 0.3) is 0 Å². The third kappa shape index (κ3) is 7.14. The van der Waals surface area contributed by atoms with Crippen molar-refractivity contribution in [2.75, 3.05) is 13.6 Å². The van der Waals surface area contributed by atoms with Gasteiger partial charge in [-0.2, -0.15) is 0 Å². The molecule has 1 aliphatic heterocycles. The summed E-state index contributed by atoms with van der Waals surface area (Å²) < 4.78 is 0. The van der Waals surface area contributed by atoms with Crippen LogP contribution in [0.1, 0.15) is 118 Å². The molecule has 3 aliphatic carbocycles. The van der Waals surface area contributed by atoms with E-state index in [4.69, 9.17) is 0 Å². The van der Waals surface area contributed by atoms with Gasteiger partial charge in [0.05, 0.1) is 0 Å². The zero-order chi connectivity index (χ0) is 28.2. The van der Waals surface area contributed by atoms with Crippen LogP contribution in [0.2, 0.25) is 0 Å². The summed E-state index contributed by atoms with van der Waals surface area (Å²) in [5, 5.41) is 10.2. The standard InChI is InChI=1S/C33H58N4O2/c1-22(2)26-16-12-17-27(23(3)4)30(26)37(6)32(39)36-33(5,31(38)35-20-24-13-8-7-9-14-24)19-25-21-34-29-18-11-10-15-28(25)29/h21-24,26-30,34H,7-20H2,1-6H3,(H,35,38)(H,36,39). The summed E-state index contributed by atoms with van der Waals surface area (Å²) in [5.74, 6) is 3.02. The molecule has 0 aromatic rings. The van der Waals surface area contributed by atoms with Crippen LogP contribution in [-0.4, -0.2) is 48.1 Å². The van der Waals surface area contributed by atoms with E-state index in [0.29, 0.717) is 48.0 Å². The van der Waals surface area contributed by atoms with Crippen LogP contribution >= 0.6 is 0 Å². The Bertz CT molecular complexity index is 848. The highest BCUT2D eigenvalue weighted by Crippen LogP contribution is 2.41. The average Bonchev–Trinajstić information content (AvgIpc) is 3.33. The van der Waals surface area contributed by atoms with Crippen LogP contribution < -0.4 is 16.0 Å². The normalized spacial score (nSPS) is 31.2. The van der Waals surface area contributed by atoms with Crippen molar-refractivity contribution in [2.24, 2.45) is 35.5 Å². The summed E-state index contributed by atoms with van der Waals surface area (Å²) in [6, 6.07) is 0.589. The molecule has 5 unspecified atom stereocenters. The van der Waals surface area contributed by atoms with Crippen molar-refractivity contribution < 1.29 is 9.59 Å². The van der Waals surface area contributed by atoms with Crippen LogP contribution in [0.4, 0.5) is 4.79 Å². The van der Waals surface area contributed by atoms with E-state index in [0.717, 1.165) is 6.54 Å². The van der Waals surface area contributed by atoms with Crippen molar-refractivity contribution >= 4 is 11.9 Å². The summed E-state index contributed by atoms with van der Waals surface area (Å²) in [5.41, 5.74) is 0.325. The van der Waals surface area contributed by atoms with E-state index in [-0.39, 0.29) is 18.0 Å². The highest BCUT2D eigenvalue weighted by Gasteiger charge is 2.44. The van der Waals surface area contributed by atoms with E-state index < -0.39 is 5.54 Å². The number of urea groups is 1. The minimum absolute atomic E-state index is 0.0283. The smallest absolute Gasteiger partial charge is 0.318 e. The Labute approximate surface area is 238 Å². The topological polar surface area (TPSA) is 73.5 Å². The van der Waals surface area contributed by atoms with E-state index in [9.17, 15) is 9.59 Å². The molecule has 3 N–H and O–H groups in total. The molecule has 1 heterocycles. The molecule has 3 saturated carbocycles. The molecule has 3 fully saturated rings. The maximum Gasteiger partial charge on any atom is 0.318 e. The lowest BCUT2D eigenvalue weighted by atomic mass is 9.68. The van der Waals surface area contributed by atoms with E-state index >= 15 is 0 Å². The molecule has 6 nitrogen and oxygen atoms in total. The Kier molecular flexibility index (Phi) is 10.3. The minimum Gasteiger partial charge on any atom is -0.388 e. The Hall–Kier alpha value is -1.72. The van der Waals surface area contributed by atoms with Crippen molar-refractivity contribution in [2.45, 2.75) is 136 Å². The van der Waals surface area contributed by atoms with Gasteiger partial charge < -0.3 is 20.9 Å². The number of nitrogens with one attached hydrogen (secondary N) is 3. The first kappa shape index (κ1) is 30.2. The van der Waals surface area contributed by atoms with Gasteiger partial charge in [0.25, 0.3) is 0 Å². The Morgan fingerprint density at radius 2 is 1.54 bits per heavy atom. The van der Waals surface area contributed by atoms with Crippen LogP contribution in [0.5, 0.6) is 0 Å². The number of carbonyl (C=O) groups excluding carboxylic acids is 2. The van der Waals surface area contributed by atoms with Crippen molar-refractivity contribution in [1.82, 2.24) is 20.9 Å². The van der Waals surface area contributed by atoms with E-state index in [1.54, 1.807) is 0 Å². The lowest BCUT2D eigenvalue weighted by Crippen LogP contribution is -2.62. The number of fused-ring (bicyclic) bond motifs is 1. The van der Waals surface area contributed by atoms with Gasteiger partial charge in [-0.1, -0.05) is 66.2 Å². The van der Waals surface area contributed by atoms with Gasteiger partial charge in [-0.3, -0.25) is 4.79 Å². The largest absolute Gasteiger partial charge is 0.388 e. The molecule has 4 aliphatic rings. The van der Waals surface area contributed by atoms with E-state index in [1.807, 2.05) is 18.9 Å². The lowest BCUT2D eigenvalue weighted by Gasteiger charge is -2.47.